The molecule has 90 valence electrons. The molecule has 0 unspecified atom stereocenters. The Kier molecular flexibility index (Phi) is 97.2. The standard InChI is InChI=1S/2Fe.2Mg.3O3Si.4H/c;;;;3*1-4(2)3;;;;/q2*+3;2*+2;3*-2;4*-1. The average Bonchev–Trinajstić information content (AvgIpc) is 1.54. The van der Waals surface area contributed by atoms with Crippen LogP contribution < -0.4 is 28.8 Å². The molecule has 0 saturated carbocycles. The molecule has 0 amide bonds. The molecule has 0 aromatic carbocycles. The summed E-state index contributed by atoms with van der Waals surface area (Å²) in [6.45, 7) is 0. The Bertz CT molecular complexity index is 139. The molecule has 0 heterocycles. The molecule has 0 atom stereocenters. The van der Waals surface area contributed by atoms with E-state index >= 15 is 0 Å². The van der Waals surface area contributed by atoms with Crippen LogP contribution in [0.5, 0.6) is 0 Å². The maximum Gasteiger partial charge on any atom is 3.00 e. The first-order valence-electron chi connectivity index (χ1n) is 1.84. The third-order valence-corrected chi connectivity index (χ3v) is 0. The molecule has 0 fully saturated rings. The van der Waals surface area contributed by atoms with E-state index in [-0.39, 0.29) is 85.9 Å². The zero-order chi connectivity index (χ0) is 10.7. The van der Waals surface area contributed by atoms with Crippen molar-refractivity contribution in [1.82, 2.24) is 0 Å². The van der Waals surface area contributed by atoms with Gasteiger partial charge in [-0.15, -0.1) is 0 Å². The van der Waals surface area contributed by atoms with Crippen molar-refractivity contribution in [1.29, 1.82) is 0 Å². The third-order valence-electron chi connectivity index (χ3n) is 0. The van der Waals surface area contributed by atoms with Gasteiger partial charge in [0.2, 0.25) is 0 Å². The van der Waals surface area contributed by atoms with E-state index < -0.39 is 27.5 Å². The maximum atomic E-state index is 8.52. The largest absolute Gasteiger partial charge is 3.00 e. The van der Waals surface area contributed by atoms with Gasteiger partial charge in [-0.2, -0.15) is 0 Å². The molecule has 2 radical (unpaired) electrons. The van der Waals surface area contributed by atoms with Crippen LogP contribution >= 0.6 is 0 Å². The molecule has 16 heteroatoms. The predicted octanol–water partition coefficient (Wildman–Crippen LogP) is -8.95. The van der Waals surface area contributed by atoms with Crippen LogP contribution in [0, 0.1) is 0 Å². The van der Waals surface area contributed by atoms with Crippen molar-refractivity contribution in [2.75, 3.05) is 0 Å². The molecule has 0 saturated heterocycles. The maximum absolute atomic E-state index is 8.52. The Balaban J connectivity index is -0.00000000562. The summed E-state index contributed by atoms with van der Waals surface area (Å²) in [5.74, 6) is 0. The van der Waals surface area contributed by atoms with E-state index in [0.29, 0.717) is 0 Å². The SMILES string of the molecule is O=[Si]([O-])[O-].O=[Si]([O-])[O-].O=[Si]([O-])[O-].[Fe+3].[Fe+3].[H-].[H-].[H-].[H-].[Mg+2].[Mg+2]. The molecule has 0 N–H and O–H groups in total. The zero-order valence-corrected chi connectivity index (χ0v) is 15.3. The Labute approximate surface area is 154 Å². The van der Waals surface area contributed by atoms with E-state index in [1.165, 1.54) is 0 Å². The van der Waals surface area contributed by atoms with Gasteiger partial charge in [0, 0.05) is 27.5 Å². The van der Waals surface area contributed by atoms with Gasteiger partial charge < -0.3 is 47.9 Å². The van der Waals surface area contributed by atoms with E-state index in [9.17, 15) is 0 Å². The zero-order valence-electron chi connectivity index (χ0n) is 11.3. The molecule has 16 heavy (non-hydrogen) atoms. The molecule has 0 bridgehead atoms. The van der Waals surface area contributed by atoms with Crippen LogP contribution in [0.25, 0.3) is 0 Å². The van der Waals surface area contributed by atoms with Crippen LogP contribution in [-0.4, -0.2) is 73.6 Å². The summed E-state index contributed by atoms with van der Waals surface area (Å²) in [4.78, 5) is 51.1. The topological polar surface area (TPSA) is 190 Å². The van der Waals surface area contributed by atoms with Gasteiger partial charge in [0.05, 0.1) is 0 Å². The summed E-state index contributed by atoms with van der Waals surface area (Å²) in [6, 6.07) is 0. The van der Waals surface area contributed by atoms with Crippen molar-refractivity contribution in [2.24, 2.45) is 0 Å². The quantitative estimate of drug-likeness (QED) is 0.360. The molecule has 0 aromatic rings. The van der Waals surface area contributed by atoms with Crippen LogP contribution in [0.4, 0.5) is 0 Å². The van der Waals surface area contributed by atoms with E-state index in [1.807, 2.05) is 0 Å². The van der Waals surface area contributed by atoms with Gasteiger partial charge in [-0.05, 0) is 0 Å². The van der Waals surface area contributed by atoms with Gasteiger partial charge in [0.1, 0.15) is 0 Å². The second-order valence-corrected chi connectivity index (χ2v) is 2.25. The number of hydrogen-bond acceptors (Lipinski definition) is 9. The molecule has 0 rings (SSSR count). The van der Waals surface area contributed by atoms with Gasteiger partial charge >= 0.3 is 80.2 Å². The predicted molar refractivity (Wildman–Crippen MR) is 35.3 cm³/mol. The molecular weight excluding hydrogens is 389 g/mol. The second-order valence-electron chi connectivity index (χ2n) is 0.750. The van der Waals surface area contributed by atoms with Crippen molar-refractivity contribution in [3.05, 3.63) is 0 Å². The van der Waals surface area contributed by atoms with Gasteiger partial charge in [-0.3, -0.25) is 0 Å². The van der Waals surface area contributed by atoms with Crippen LogP contribution in [0.3, 0.4) is 0 Å². The first kappa shape index (κ1) is 43.3. The van der Waals surface area contributed by atoms with Crippen molar-refractivity contribution in [3.8, 4) is 0 Å². The fourth-order valence-electron chi connectivity index (χ4n) is 0. The minimum Gasteiger partial charge on any atom is -1.00 e. The molecule has 0 aromatic heterocycles. The van der Waals surface area contributed by atoms with E-state index in [4.69, 9.17) is 42.2 Å². The summed E-state index contributed by atoms with van der Waals surface area (Å²) in [5, 5.41) is 0. The van der Waals surface area contributed by atoms with Crippen molar-refractivity contribution in [3.63, 3.8) is 0 Å². The number of hydrogen-bond donors (Lipinski definition) is 0. The molecule has 0 aliphatic rings. The van der Waals surface area contributed by atoms with Crippen LogP contribution in [0.15, 0.2) is 0 Å². The second kappa shape index (κ2) is 36.0. The molecule has 0 aliphatic heterocycles. The molecule has 9 nitrogen and oxygen atoms in total. The van der Waals surface area contributed by atoms with E-state index in [0.717, 1.165) is 0 Å². The normalized spacial score (nSPS) is 4.50. The fraction of sp³-hybridized carbons (Fsp3) is 0. The Morgan fingerprint density at radius 3 is 0.562 bits per heavy atom. The minimum atomic E-state index is -3.63. The monoisotopic (exact) mass is 392 g/mol. The van der Waals surface area contributed by atoms with Gasteiger partial charge in [0.15, 0.2) is 0 Å². The number of rotatable bonds is 0. The third kappa shape index (κ3) is 1590. The Morgan fingerprint density at radius 2 is 0.562 bits per heavy atom. The summed E-state index contributed by atoms with van der Waals surface area (Å²) < 4.78 is 25.6. The molecule has 0 aliphatic carbocycles. The fourth-order valence-corrected chi connectivity index (χ4v) is 0. The van der Waals surface area contributed by atoms with Crippen LogP contribution in [0.2, 0.25) is 0 Å². The summed E-state index contributed by atoms with van der Waals surface area (Å²) >= 11 is 0. The summed E-state index contributed by atoms with van der Waals surface area (Å²) in [5.41, 5.74) is 0. The van der Waals surface area contributed by atoms with E-state index in [2.05, 4.69) is 0 Å². The first-order chi connectivity index (χ1) is 5.20. The van der Waals surface area contributed by atoms with Gasteiger partial charge in [-0.1, -0.05) is 0 Å². The Morgan fingerprint density at radius 1 is 0.562 bits per heavy atom. The minimum absolute atomic E-state index is 0. The van der Waals surface area contributed by atoms with Crippen molar-refractivity contribution < 1.29 is 82.0 Å². The first-order valence-corrected chi connectivity index (χ1v) is 5.51. The summed E-state index contributed by atoms with van der Waals surface area (Å²) in [6.07, 6.45) is 0. The van der Waals surface area contributed by atoms with Gasteiger partial charge in [0.25, 0.3) is 0 Å². The average molecular weight is 393 g/mol. The van der Waals surface area contributed by atoms with Crippen LogP contribution in [-0.2, 0) is 47.5 Å². The van der Waals surface area contributed by atoms with Gasteiger partial charge in [-0.25, -0.2) is 0 Å². The van der Waals surface area contributed by atoms with Crippen LogP contribution in [0.1, 0.15) is 5.71 Å². The van der Waals surface area contributed by atoms with Crippen molar-refractivity contribution >= 4 is 73.6 Å². The van der Waals surface area contributed by atoms with Crippen molar-refractivity contribution in [2.45, 2.75) is 0 Å². The Hall–Kier alpha value is 1.42. The van der Waals surface area contributed by atoms with E-state index in [1.54, 1.807) is 0 Å². The smallest absolute Gasteiger partial charge is 1.00 e. The molecule has 0 spiro atoms. The molecular formula is H4Fe2Mg2O9Si3. The summed E-state index contributed by atoms with van der Waals surface area (Å²) in [7, 11) is -10.9.